The fraction of sp³-hybridized carbons (Fsp3) is 0.385. The number of aliphatic hydroxyl groups is 1. The van der Waals surface area contributed by atoms with Crippen molar-refractivity contribution in [3.8, 4) is 6.07 Å². The summed E-state index contributed by atoms with van der Waals surface area (Å²) in [6.07, 6.45) is -0.895. The van der Waals surface area contributed by atoms with Gasteiger partial charge in [0.1, 0.15) is 11.9 Å². The summed E-state index contributed by atoms with van der Waals surface area (Å²) in [4.78, 5) is 11.1. The van der Waals surface area contributed by atoms with Gasteiger partial charge in [-0.25, -0.2) is 4.39 Å². The maximum Gasteiger partial charge on any atom is 0.305 e. The van der Waals surface area contributed by atoms with E-state index in [0.717, 1.165) is 6.07 Å². The number of nitriles is 1. The number of rotatable bonds is 4. The quantitative estimate of drug-likeness (QED) is 0.830. The van der Waals surface area contributed by atoms with E-state index in [-0.39, 0.29) is 17.9 Å². The molecule has 0 radical (unpaired) electrons. The molecule has 0 amide bonds. The summed E-state index contributed by atoms with van der Waals surface area (Å²) in [5.74, 6) is -1.44. The molecule has 2 atom stereocenters. The largest absolute Gasteiger partial charge is 0.469 e. The average molecular weight is 251 g/mol. The second kappa shape index (κ2) is 6.12. The van der Waals surface area contributed by atoms with Crippen LogP contribution in [0, 0.1) is 23.1 Å². The Bertz CT molecular complexity index is 482. The van der Waals surface area contributed by atoms with Gasteiger partial charge in [-0.3, -0.25) is 4.79 Å². The number of carbonyl (C=O) groups excluding carboxylic acids is 1. The minimum Gasteiger partial charge on any atom is -0.469 e. The van der Waals surface area contributed by atoms with Crippen molar-refractivity contribution < 1.29 is 19.0 Å². The van der Waals surface area contributed by atoms with Gasteiger partial charge in [-0.2, -0.15) is 5.26 Å². The number of methoxy groups -OCH3 is 1. The third-order valence-electron chi connectivity index (χ3n) is 2.71. The lowest BCUT2D eigenvalue weighted by Crippen LogP contribution is -2.15. The minimum absolute atomic E-state index is 0.0525. The van der Waals surface area contributed by atoms with Gasteiger partial charge in [0, 0.05) is 0 Å². The molecule has 18 heavy (non-hydrogen) atoms. The van der Waals surface area contributed by atoms with Crippen molar-refractivity contribution in [1.29, 1.82) is 5.26 Å². The average Bonchev–Trinajstić information content (AvgIpc) is 2.38. The third-order valence-corrected chi connectivity index (χ3v) is 2.71. The number of aliphatic hydroxyl groups excluding tert-OH is 1. The zero-order chi connectivity index (χ0) is 13.7. The van der Waals surface area contributed by atoms with Crippen molar-refractivity contribution >= 4 is 5.97 Å². The highest BCUT2D eigenvalue weighted by atomic mass is 19.1. The monoisotopic (exact) mass is 251 g/mol. The molecule has 0 aliphatic carbocycles. The summed E-state index contributed by atoms with van der Waals surface area (Å²) in [5, 5.41) is 18.7. The van der Waals surface area contributed by atoms with Crippen molar-refractivity contribution in [2.75, 3.05) is 7.11 Å². The first-order valence-corrected chi connectivity index (χ1v) is 5.44. The van der Waals surface area contributed by atoms with Gasteiger partial charge >= 0.3 is 5.97 Å². The molecule has 1 aromatic carbocycles. The van der Waals surface area contributed by atoms with Crippen molar-refractivity contribution in [2.24, 2.45) is 5.92 Å². The Kier molecular flexibility index (Phi) is 4.81. The van der Waals surface area contributed by atoms with E-state index in [1.54, 1.807) is 13.0 Å². The summed E-state index contributed by atoms with van der Waals surface area (Å²) >= 11 is 0. The lowest BCUT2D eigenvalue weighted by molar-refractivity contribution is -0.142. The molecular formula is C13H14FNO3. The van der Waals surface area contributed by atoms with Crippen LogP contribution < -0.4 is 0 Å². The number of ether oxygens (including phenoxy) is 1. The number of esters is 1. The van der Waals surface area contributed by atoms with Crippen LogP contribution in [0.25, 0.3) is 0 Å². The Morgan fingerprint density at radius 1 is 1.61 bits per heavy atom. The lowest BCUT2D eigenvalue weighted by Gasteiger charge is -2.18. The first kappa shape index (κ1) is 14.1. The van der Waals surface area contributed by atoms with Crippen LogP contribution in [0.3, 0.4) is 0 Å². The van der Waals surface area contributed by atoms with Crippen molar-refractivity contribution in [3.05, 3.63) is 35.1 Å². The van der Waals surface area contributed by atoms with E-state index in [0.29, 0.717) is 5.56 Å². The molecule has 0 aliphatic rings. The SMILES string of the molecule is COC(=O)CC(C)C(O)c1ccc(F)c(C#N)c1. The molecule has 1 rings (SSSR count). The summed E-state index contributed by atoms with van der Waals surface area (Å²) in [6.45, 7) is 1.68. The van der Waals surface area contributed by atoms with Crippen molar-refractivity contribution in [3.63, 3.8) is 0 Å². The first-order valence-electron chi connectivity index (χ1n) is 5.44. The molecule has 0 saturated carbocycles. The van der Waals surface area contributed by atoms with E-state index in [9.17, 15) is 14.3 Å². The second-order valence-electron chi connectivity index (χ2n) is 4.05. The zero-order valence-corrected chi connectivity index (χ0v) is 10.2. The molecule has 0 saturated heterocycles. The Labute approximate surface area is 105 Å². The molecular weight excluding hydrogens is 237 g/mol. The predicted octanol–water partition coefficient (Wildman–Crippen LogP) is 1.93. The van der Waals surface area contributed by atoms with Gasteiger partial charge < -0.3 is 9.84 Å². The molecule has 1 aromatic rings. The summed E-state index contributed by atoms with van der Waals surface area (Å²) in [7, 11) is 1.27. The second-order valence-corrected chi connectivity index (χ2v) is 4.05. The fourth-order valence-electron chi connectivity index (χ4n) is 1.60. The molecule has 0 fully saturated rings. The van der Waals surface area contributed by atoms with Gasteiger partial charge in [0.15, 0.2) is 0 Å². The minimum atomic E-state index is -0.947. The molecule has 0 spiro atoms. The van der Waals surface area contributed by atoms with E-state index < -0.39 is 17.9 Å². The number of nitrogens with zero attached hydrogens (tertiary/aromatic N) is 1. The molecule has 4 nitrogen and oxygen atoms in total. The van der Waals surface area contributed by atoms with Crippen molar-refractivity contribution in [2.45, 2.75) is 19.4 Å². The number of hydrogen-bond acceptors (Lipinski definition) is 4. The van der Waals surface area contributed by atoms with Crippen molar-refractivity contribution in [1.82, 2.24) is 0 Å². The molecule has 0 heterocycles. The van der Waals surface area contributed by atoms with Gasteiger partial charge in [0.05, 0.1) is 25.2 Å². The van der Waals surface area contributed by atoms with Crippen LogP contribution in [0.4, 0.5) is 4.39 Å². The van der Waals surface area contributed by atoms with E-state index in [2.05, 4.69) is 4.74 Å². The molecule has 5 heteroatoms. The van der Waals surface area contributed by atoms with Gasteiger partial charge in [-0.15, -0.1) is 0 Å². The third kappa shape index (κ3) is 3.28. The smallest absolute Gasteiger partial charge is 0.305 e. The van der Waals surface area contributed by atoms with Crippen LogP contribution in [-0.4, -0.2) is 18.2 Å². The molecule has 0 bridgehead atoms. The maximum atomic E-state index is 13.1. The van der Waals surface area contributed by atoms with Gasteiger partial charge in [-0.05, 0) is 23.6 Å². The fourth-order valence-corrected chi connectivity index (χ4v) is 1.60. The molecule has 0 aromatic heterocycles. The van der Waals surface area contributed by atoms with E-state index in [1.165, 1.54) is 19.2 Å². The number of hydrogen-bond donors (Lipinski definition) is 1. The number of halogens is 1. The Balaban J connectivity index is 2.87. The van der Waals surface area contributed by atoms with Crippen LogP contribution >= 0.6 is 0 Å². The summed E-state index contributed by atoms with van der Waals surface area (Å²) in [5.41, 5.74) is 0.279. The highest BCUT2D eigenvalue weighted by Gasteiger charge is 2.20. The number of carbonyl (C=O) groups is 1. The van der Waals surface area contributed by atoms with Crippen LogP contribution in [0.15, 0.2) is 18.2 Å². The number of benzene rings is 1. The van der Waals surface area contributed by atoms with Gasteiger partial charge in [-0.1, -0.05) is 13.0 Å². The van der Waals surface area contributed by atoms with E-state index in [1.807, 2.05) is 0 Å². The lowest BCUT2D eigenvalue weighted by atomic mass is 9.93. The van der Waals surface area contributed by atoms with Crippen LogP contribution in [0.2, 0.25) is 0 Å². The maximum absolute atomic E-state index is 13.1. The Morgan fingerprint density at radius 3 is 2.83 bits per heavy atom. The Morgan fingerprint density at radius 2 is 2.28 bits per heavy atom. The van der Waals surface area contributed by atoms with Crippen LogP contribution in [-0.2, 0) is 9.53 Å². The predicted molar refractivity (Wildman–Crippen MR) is 61.9 cm³/mol. The molecule has 1 N–H and O–H groups in total. The molecule has 0 aliphatic heterocycles. The van der Waals surface area contributed by atoms with Gasteiger partial charge in [0.25, 0.3) is 0 Å². The normalized spacial score (nSPS) is 13.5. The summed E-state index contributed by atoms with van der Waals surface area (Å²) < 4.78 is 17.6. The van der Waals surface area contributed by atoms with Crippen LogP contribution in [0.5, 0.6) is 0 Å². The van der Waals surface area contributed by atoms with E-state index >= 15 is 0 Å². The van der Waals surface area contributed by atoms with E-state index in [4.69, 9.17) is 5.26 Å². The van der Waals surface area contributed by atoms with Crippen LogP contribution in [0.1, 0.15) is 30.6 Å². The standard InChI is InChI=1S/C13H14FNO3/c1-8(5-12(16)18-2)13(17)9-3-4-11(14)10(6-9)7-15/h3-4,6,8,13,17H,5H2,1-2H3. The zero-order valence-electron chi connectivity index (χ0n) is 10.2. The first-order chi connectivity index (χ1) is 8.49. The summed E-state index contributed by atoms with van der Waals surface area (Å²) in [6, 6.07) is 5.51. The Hall–Kier alpha value is -1.93. The topological polar surface area (TPSA) is 70.3 Å². The van der Waals surface area contributed by atoms with Gasteiger partial charge in [0.2, 0.25) is 0 Å². The highest BCUT2D eigenvalue weighted by molar-refractivity contribution is 5.69. The molecule has 96 valence electrons. The molecule has 2 unspecified atom stereocenters. The highest BCUT2D eigenvalue weighted by Crippen LogP contribution is 2.26.